The van der Waals surface area contributed by atoms with E-state index in [1.807, 2.05) is 6.92 Å². The van der Waals surface area contributed by atoms with Gasteiger partial charge in [0.1, 0.15) is 0 Å². The van der Waals surface area contributed by atoms with Gasteiger partial charge in [0.15, 0.2) is 5.96 Å². The van der Waals surface area contributed by atoms with E-state index in [1.165, 1.54) is 4.90 Å². The van der Waals surface area contributed by atoms with Crippen LogP contribution in [-0.4, -0.2) is 69.5 Å². The summed E-state index contributed by atoms with van der Waals surface area (Å²) in [6, 6.07) is 0. The highest BCUT2D eigenvalue weighted by atomic mass is 127. The van der Waals surface area contributed by atoms with E-state index in [-0.39, 0.29) is 29.9 Å². The molecule has 26 heavy (non-hydrogen) atoms. The number of halogens is 4. The molecule has 0 aromatic heterocycles. The van der Waals surface area contributed by atoms with E-state index < -0.39 is 12.7 Å². The number of nitrogens with zero attached hydrogens (tertiary/aromatic N) is 2. The van der Waals surface area contributed by atoms with Crippen LogP contribution in [0, 0.1) is 11.8 Å². The Labute approximate surface area is 172 Å². The second-order valence-corrected chi connectivity index (χ2v) is 6.95. The minimum atomic E-state index is -4.12. The molecule has 0 saturated carbocycles. The van der Waals surface area contributed by atoms with Crippen LogP contribution in [0.4, 0.5) is 13.2 Å². The minimum absolute atomic E-state index is 0. The lowest BCUT2D eigenvalue weighted by Crippen LogP contribution is -2.39. The summed E-state index contributed by atoms with van der Waals surface area (Å²) in [6.45, 7) is 9.75. The van der Waals surface area contributed by atoms with Crippen LogP contribution in [0.15, 0.2) is 4.99 Å². The van der Waals surface area contributed by atoms with Crippen molar-refractivity contribution < 1.29 is 17.9 Å². The quantitative estimate of drug-likeness (QED) is 0.212. The summed E-state index contributed by atoms with van der Waals surface area (Å²) < 4.78 is 42.8. The van der Waals surface area contributed by atoms with E-state index in [9.17, 15) is 13.2 Å². The maximum Gasteiger partial charge on any atom is 0.401 e. The molecule has 0 aromatic rings. The highest BCUT2D eigenvalue weighted by Crippen LogP contribution is 2.22. The number of guanidine groups is 1. The lowest BCUT2D eigenvalue weighted by Gasteiger charge is -2.17. The molecular formula is C17H34F3IN4O. The average molecular weight is 494 g/mol. The van der Waals surface area contributed by atoms with Gasteiger partial charge in [-0.2, -0.15) is 13.2 Å². The van der Waals surface area contributed by atoms with Crippen molar-refractivity contribution in [3.63, 3.8) is 0 Å². The van der Waals surface area contributed by atoms with Crippen LogP contribution >= 0.6 is 24.0 Å². The Kier molecular flexibility index (Phi) is 13.7. The van der Waals surface area contributed by atoms with Crippen LogP contribution in [0.3, 0.4) is 0 Å². The summed E-state index contributed by atoms with van der Waals surface area (Å²) >= 11 is 0. The molecule has 1 aliphatic rings. The van der Waals surface area contributed by atoms with E-state index in [1.54, 1.807) is 0 Å². The molecule has 156 valence electrons. The molecule has 1 unspecified atom stereocenters. The zero-order valence-corrected chi connectivity index (χ0v) is 18.4. The Morgan fingerprint density at radius 2 is 2.00 bits per heavy atom. The van der Waals surface area contributed by atoms with Gasteiger partial charge in [-0.25, -0.2) is 0 Å². The predicted octanol–water partition coefficient (Wildman–Crippen LogP) is 3.11. The fourth-order valence-electron chi connectivity index (χ4n) is 2.68. The summed E-state index contributed by atoms with van der Waals surface area (Å²) in [7, 11) is 0. The lowest BCUT2D eigenvalue weighted by atomic mass is 10.1. The van der Waals surface area contributed by atoms with Gasteiger partial charge in [0.05, 0.1) is 13.2 Å². The number of hydrogen-bond donors (Lipinski definition) is 2. The van der Waals surface area contributed by atoms with Crippen molar-refractivity contribution in [2.75, 3.05) is 52.5 Å². The maximum atomic E-state index is 12.4. The Hall–Kier alpha value is -0.290. The highest BCUT2D eigenvalue weighted by Gasteiger charge is 2.34. The van der Waals surface area contributed by atoms with Crippen molar-refractivity contribution in [1.29, 1.82) is 0 Å². The fourth-order valence-corrected chi connectivity index (χ4v) is 2.68. The molecule has 1 atom stereocenters. The fraction of sp³-hybridized carbons (Fsp3) is 0.941. The van der Waals surface area contributed by atoms with E-state index in [0.29, 0.717) is 44.7 Å². The van der Waals surface area contributed by atoms with Crippen molar-refractivity contribution in [1.82, 2.24) is 15.5 Å². The van der Waals surface area contributed by atoms with Crippen molar-refractivity contribution in [2.24, 2.45) is 16.8 Å². The van der Waals surface area contributed by atoms with Crippen molar-refractivity contribution >= 4 is 29.9 Å². The number of alkyl halides is 3. The molecule has 9 heteroatoms. The van der Waals surface area contributed by atoms with Crippen LogP contribution in [0.25, 0.3) is 0 Å². The normalized spacial score (nSPS) is 18.9. The number of ether oxygens (including phenoxy) is 1. The predicted molar refractivity (Wildman–Crippen MR) is 110 cm³/mol. The summed E-state index contributed by atoms with van der Waals surface area (Å²) in [4.78, 5) is 5.96. The molecule has 1 rings (SSSR count). The third-order valence-corrected chi connectivity index (χ3v) is 4.00. The second-order valence-electron chi connectivity index (χ2n) is 6.95. The first kappa shape index (κ1) is 25.7. The number of rotatable bonds is 10. The van der Waals surface area contributed by atoms with Gasteiger partial charge < -0.3 is 15.4 Å². The Balaban J connectivity index is 0.00000625. The van der Waals surface area contributed by atoms with Crippen LogP contribution < -0.4 is 10.6 Å². The van der Waals surface area contributed by atoms with Gasteiger partial charge in [0.2, 0.25) is 0 Å². The van der Waals surface area contributed by atoms with Gasteiger partial charge in [-0.1, -0.05) is 13.8 Å². The number of likely N-dealkylation sites (tertiary alicyclic amines) is 1. The van der Waals surface area contributed by atoms with Crippen LogP contribution in [0.2, 0.25) is 0 Å². The van der Waals surface area contributed by atoms with E-state index >= 15 is 0 Å². The van der Waals surface area contributed by atoms with E-state index in [4.69, 9.17) is 4.74 Å². The number of hydrogen-bond acceptors (Lipinski definition) is 3. The molecule has 1 saturated heterocycles. The molecular weight excluding hydrogens is 460 g/mol. The lowest BCUT2D eigenvalue weighted by molar-refractivity contribution is -0.143. The Bertz CT molecular complexity index is 395. The molecule has 0 spiro atoms. The maximum absolute atomic E-state index is 12.4. The molecule has 1 heterocycles. The summed E-state index contributed by atoms with van der Waals surface area (Å²) in [5.41, 5.74) is 0. The van der Waals surface area contributed by atoms with Crippen molar-refractivity contribution in [3.05, 3.63) is 0 Å². The minimum Gasteiger partial charge on any atom is -0.380 e. The molecule has 5 nitrogen and oxygen atoms in total. The first-order valence-corrected chi connectivity index (χ1v) is 9.19. The zero-order chi connectivity index (χ0) is 18.7. The van der Waals surface area contributed by atoms with E-state index in [0.717, 1.165) is 26.0 Å². The largest absolute Gasteiger partial charge is 0.401 e. The number of aliphatic imine (C=N–C) groups is 1. The second kappa shape index (κ2) is 13.8. The Morgan fingerprint density at radius 3 is 2.62 bits per heavy atom. The first-order valence-electron chi connectivity index (χ1n) is 9.19. The highest BCUT2D eigenvalue weighted by molar-refractivity contribution is 14.0. The van der Waals surface area contributed by atoms with Gasteiger partial charge >= 0.3 is 6.18 Å². The summed E-state index contributed by atoms with van der Waals surface area (Å²) in [6.07, 6.45) is -2.31. The molecule has 2 N–H and O–H groups in total. The van der Waals surface area contributed by atoms with Gasteiger partial charge in [-0.3, -0.25) is 9.89 Å². The average Bonchev–Trinajstić information content (AvgIpc) is 2.93. The standard InChI is InChI=1S/C17H33F3N4O.HI/c1-4-21-16(22-7-10-25-9-6-14(2)3)23-11-15-5-8-24(12-15)13-17(18,19)20;/h14-15H,4-13H2,1-3H3,(H2,21,22,23);1H. The van der Waals surface area contributed by atoms with Crippen LogP contribution in [0.1, 0.15) is 33.6 Å². The molecule has 1 aliphatic heterocycles. The van der Waals surface area contributed by atoms with Gasteiger partial charge in [-0.15, -0.1) is 24.0 Å². The SMILES string of the molecule is CCNC(=NCC1CCN(CC(F)(F)F)C1)NCCOCCC(C)C.I. The third kappa shape index (κ3) is 13.0. The van der Waals surface area contributed by atoms with Gasteiger partial charge in [0, 0.05) is 32.8 Å². The van der Waals surface area contributed by atoms with Crippen molar-refractivity contribution in [3.8, 4) is 0 Å². The van der Waals surface area contributed by atoms with Crippen molar-refractivity contribution in [2.45, 2.75) is 39.8 Å². The topological polar surface area (TPSA) is 48.9 Å². The summed E-state index contributed by atoms with van der Waals surface area (Å²) in [5.74, 6) is 1.51. The molecule has 0 bridgehead atoms. The van der Waals surface area contributed by atoms with Crippen LogP contribution in [-0.2, 0) is 4.74 Å². The third-order valence-electron chi connectivity index (χ3n) is 4.00. The Morgan fingerprint density at radius 1 is 1.27 bits per heavy atom. The first-order chi connectivity index (χ1) is 11.8. The molecule has 0 aliphatic carbocycles. The zero-order valence-electron chi connectivity index (χ0n) is 16.1. The monoisotopic (exact) mass is 494 g/mol. The van der Waals surface area contributed by atoms with Gasteiger partial charge in [0.25, 0.3) is 0 Å². The smallest absolute Gasteiger partial charge is 0.380 e. The van der Waals surface area contributed by atoms with Crippen LogP contribution in [0.5, 0.6) is 0 Å². The molecule has 0 radical (unpaired) electrons. The summed E-state index contributed by atoms with van der Waals surface area (Å²) in [5, 5.41) is 6.36. The number of nitrogens with one attached hydrogen (secondary N) is 2. The molecule has 0 aromatic carbocycles. The van der Waals surface area contributed by atoms with E-state index in [2.05, 4.69) is 29.5 Å². The molecule has 0 amide bonds. The molecule has 1 fully saturated rings. The van der Waals surface area contributed by atoms with Gasteiger partial charge in [-0.05, 0) is 38.1 Å².